The molecule has 3 N–H and O–H groups in total. The Hall–Kier alpha value is -1.83. The van der Waals surface area contributed by atoms with Crippen molar-refractivity contribution in [3.8, 4) is 11.8 Å². The summed E-state index contributed by atoms with van der Waals surface area (Å²) < 4.78 is 0. The molecule has 1 aliphatic rings. The number of nitrogens with zero attached hydrogens (tertiary/aromatic N) is 1. The average Bonchev–Trinajstić information content (AvgIpc) is 2.53. The van der Waals surface area contributed by atoms with Crippen molar-refractivity contribution in [1.29, 1.82) is 0 Å². The van der Waals surface area contributed by atoms with E-state index in [9.17, 15) is 9.90 Å². The number of amides is 1. The fraction of sp³-hybridized carbons (Fsp3) is 0.471. The second kappa shape index (κ2) is 7.26. The Labute approximate surface area is 125 Å². The van der Waals surface area contributed by atoms with Crippen LogP contribution in [0.3, 0.4) is 0 Å². The Morgan fingerprint density at radius 3 is 3.00 bits per heavy atom. The Morgan fingerprint density at radius 2 is 2.29 bits per heavy atom. The molecule has 1 aromatic rings. The van der Waals surface area contributed by atoms with E-state index in [0.29, 0.717) is 18.7 Å². The molecule has 4 heteroatoms. The number of benzene rings is 1. The van der Waals surface area contributed by atoms with Crippen molar-refractivity contribution in [2.24, 2.45) is 5.73 Å². The summed E-state index contributed by atoms with van der Waals surface area (Å²) in [4.78, 5) is 14.4. The van der Waals surface area contributed by atoms with Gasteiger partial charge in [-0.3, -0.25) is 4.79 Å². The lowest BCUT2D eigenvalue weighted by molar-refractivity contribution is 0.0503. The molecule has 4 nitrogen and oxygen atoms in total. The van der Waals surface area contributed by atoms with E-state index in [1.54, 1.807) is 4.90 Å². The number of aryl methyl sites for hydroxylation is 1. The third-order valence-electron chi connectivity index (χ3n) is 3.91. The van der Waals surface area contributed by atoms with Gasteiger partial charge in [0.1, 0.15) is 0 Å². The highest BCUT2D eigenvalue weighted by Gasteiger charge is 2.26. The van der Waals surface area contributed by atoms with Gasteiger partial charge < -0.3 is 15.7 Å². The predicted octanol–water partition coefficient (Wildman–Crippen LogP) is 1.29. The van der Waals surface area contributed by atoms with Gasteiger partial charge in [0.05, 0.1) is 19.2 Å². The molecule has 1 amide bonds. The third kappa shape index (κ3) is 3.63. The number of carbonyl (C=O) groups is 1. The summed E-state index contributed by atoms with van der Waals surface area (Å²) in [6.45, 7) is 3.00. The molecule has 0 spiro atoms. The summed E-state index contributed by atoms with van der Waals surface area (Å²) in [6, 6.07) is 5.50. The van der Waals surface area contributed by atoms with Gasteiger partial charge in [0.2, 0.25) is 0 Å². The summed E-state index contributed by atoms with van der Waals surface area (Å²) in [5, 5.41) is 9.44. The zero-order valence-electron chi connectivity index (χ0n) is 12.4. The molecule has 1 aromatic carbocycles. The molecule has 0 radical (unpaired) electrons. The molecule has 0 aliphatic carbocycles. The normalized spacial score (nSPS) is 18.0. The average molecular weight is 286 g/mol. The Kier molecular flexibility index (Phi) is 5.38. The standard InChI is InChI=1S/C17H22N2O2/c1-13-7-8-15(11-14(13)5-4-9-18)17(21)19-10-3-2-6-16(19)12-20/h7-8,11,16,20H,2-3,6,9-10,12,18H2,1H3. The van der Waals surface area contributed by atoms with Crippen molar-refractivity contribution in [1.82, 2.24) is 4.90 Å². The monoisotopic (exact) mass is 286 g/mol. The maximum atomic E-state index is 12.6. The molecule has 1 heterocycles. The van der Waals surface area contributed by atoms with Crippen LogP contribution in [0.2, 0.25) is 0 Å². The number of hydrogen-bond donors (Lipinski definition) is 2. The third-order valence-corrected chi connectivity index (χ3v) is 3.91. The van der Waals surface area contributed by atoms with E-state index in [1.807, 2.05) is 25.1 Å². The van der Waals surface area contributed by atoms with Crippen LogP contribution in [-0.2, 0) is 0 Å². The van der Waals surface area contributed by atoms with Crippen LogP contribution >= 0.6 is 0 Å². The number of rotatable bonds is 2. The summed E-state index contributed by atoms with van der Waals surface area (Å²) in [5.74, 6) is 5.80. The van der Waals surface area contributed by atoms with E-state index in [2.05, 4.69) is 11.8 Å². The van der Waals surface area contributed by atoms with Crippen LogP contribution in [0, 0.1) is 18.8 Å². The minimum atomic E-state index is -0.0638. The number of piperidine rings is 1. The first-order valence-corrected chi connectivity index (χ1v) is 7.38. The van der Waals surface area contributed by atoms with Gasteiger partial charge in [0.25, 0.3) is 5.91 Å². The molecule has 1 fully saturated rings. The van der Waals surface area contributed by atoms with Crippen molar-refractivity contribution in [3.63, 3.8) is 0 Å². The quantitative estimate of drug-likeness (QED) is 0.805. The highest BCUT2D eigenvalue weighted by atomic mass is 16.3. The fourth-order valence-electron chi connectivity index (χ4n) is 2.66. The zero-order valence-corrected chi connectivity index (χ0v) is 12.4. The van der Waals surface area contributed by atoms with E-state index in [4.69, 9.17) is 5.73 Å². The molecule has 0 bridgehead atoms. The number of hydrogen-bond acceptors (Lipinski definition) is 3. The molecule has 1 aliphatic heterocycles. The molecular weight excluding hydrogens is 264 g/mol. The van der Waals surface area contributed by atoms with Crippen LogP contribution in [-0.4, -0.2) is 41.7 Å². The van der Waals surface area contributed by atoms with Crippen LogP contribution in [0.1, 0.15) is 40.7 Å². The van der Waals surface area contributed by atoms with Gasteiger partial charge >= 0.3 is 0 Å². The highest BCUT2D eigenvalue weighted by molar-refractivity contribution is 5.95. The lowest BCUT2D eigenvalue weighted by Gasteiger charge is -2.34. The minimum Gasteiger partial charge on any atom is -0.394 e. The Morgan fingerprint density at radius 1 is 1.48 bits per heavy atom. The van der Waals surface area contributed by atoms with Gasteiger partial charge in [0.15, 0.2) is 0 Å². The van der Waals surface area contributed by atoms with E-state index in [1.165, 1.54) is 0 Å². The van der Waals surface area contributed by atoms with Crippen LogP contribution < -0.4 is 5.73 Å². The van der Waals surface area contributed by atoms with Gasteiger partial charge in [0, 0.05) is 17.7 Å². The van der Waals surface area contributed by atoms with Gasteiger partial charge in [-0.2, -0.15) is 0 Å². The summed E-state index contributed by atoms with van der Waals surface area (Å²) in [7, 11) is 0. The predicted molar refractivity (Wildman–Crippen MR) is 82.9 cm³/mol. The van der Waals surface area contributed by atoms with Gasteiger partial charge in [-0.05, 0) is 43.9 Å². The second-order valence-electron chi connectivity index (χ2n) is 5.37. The minimum absolute atomic E-state index is 0.0236. The molecule has 0 aromatic heterocycles. The molecule has 1 unspecified atom stereocenters. The lowest BCUT2D eigenvalue weighted by Crippen LogP contribution is -2.45. The molecular formula is C17H22N2O2. The van der Waals surface area contributed by atoms with E-state index < -0.39 is 0 Å². The van der Waals surface area contributed by atoms with E-state index >= 15 is 0 Å². The maximum Gasteiger partial charge on any atom is 0.254 e. The first kappa shape index (κ1) is 15.6. The number of carbonyl (C=O) groups excluding carboxylic acids is 1. The second-order valence-corrected chi connectivity index (χ2v) is 5.37. The maximum absolute atomic E-state index is 12.6. The Balaban J connectivity index is 2.26. The number of aliphatic hydroxyl groups is 1. The van der Waals surface area contributed by atoms with Crippen LogP contribution in [0.4, 0.5) is 0 Å². The molecule has 1 saturated heterocycles. The molecule has 21 heavy (non-hydrogen) atoms. The SMILES string of the molecule is Cc1ccc(C(=O)N2CCCCC2CO)cc1C#CCN. The number of aliphatic hydroxyl groups excluding tert-OH is 1. The first-order chi connectivity index (χ1) is 10.2. The van der Waals surface area contributed by atoms with Crippen molar-refractivity contribution in [2.45, 2.75) is 32.2 Å². The first-order valence-electron chi connectivity index (χ1n) is 7.38. The summed E-state index contributed by atoms with van der Waals surface area (Å²) in [6.07, 6.45) is 2.93. The van der Waals surface area contributed by atoms with E-state index in [-0.39, 0.29) is 18.6 Å². The highest BCUT2D eigenvalue weighted by Crippen LogP contribution is 2.20. The molecule has 1 atom stereocenters. The van der Waals surface area contributed by atoms with Crippen molar-refractivity contribution < 1.29 is 9.90 Å². The van der Waals surface area contributed by atoms with Crippen molar-refractivity contribution in [2.75, 3.05) is 19.7 Å². The van der Waals surface area contributed by atoms with Crippen molar-refractivity contribution in [3.05, 3.63) is 34.9 Å². The van der Waals surface area contributed by atoms with Gasteiger partial charge in [-0.15, -0.1) is 0 Å². The van der Waals surface area contributed by atoms with Crippen LogP contribution in [0.5, 0.6) is 0 Å². The summed E-state index contributed by atoms with van der Waals surface area (Å²) in [5.41, 5.74) is 7.90. The van der Waals surface area contributed by atoms with Crippen LogP contribution in [0.15, 0.2) is 18.2 Å². The van der Waals surface area contributed by atoms with E-state index in [0.717, 1.165) is 30.4 Å². The van der Waals surface area contributed by atoms with Gasteiger partial charge in [-0.1, -0.05) is 17.9 Å². The molecule has 112 valence electrons. The summed E-state index contributed by atoms with van der Waals surface area (Å²) >= 11 is 0. The molecule has 2 rings (SSSR count). The topological polar surface area (TPSA) is 66.6 Å². The number of nitrogens with two attached hydrogens (primary N) is 1. The lowest BCUT2D eigenvalue weighted by atomic mass is 9.99. The van der Waals surface area contributed by atoms with Crippen LogP contribution in [0.25, 0.3) is 0 Å². The van der Waals surface area contributed by atoms with Gasteiger partial charge in [-0.25, -0.2) is 0 Å². The largest absolute Gasteiger partial charge is 0.394 e. The van der Waals surface area contributed by atoms with Crippen molar-refractivity contribution >= 4 is 5.91 Å². The zero-order chi connectivity index (χ0) is 15.2. The molecule has 0 saturated carbocycles. The number of likely N-dealkylation sites (tertiary alicyclic amines) is 1. The fourth-order valence-corrected chi connectivity index (χ4v) is 2.66. The Bertz CT molecular complexity index is 572. The smallest absolute Gasteiger partial charge is 0.254 e.